The molecule has 2 rings (SSSR count). The van der Waals surface area contributed by atoms with Gasteiger partial charge in [0.1, 0.15) is 11.6 Å². The predicted octanol–water partition coefficient (Wildman–Crippen LogP) is 5.29. The molecule has 0 saturated heterocycles. The van der Waals surface area contributed by atoms with E-state index in [2.05, 4.69) is 21.2 Å². The van der Waals surface area contributed by atoms with Gasteiger partial charge in [-0.2, -0.15) is 0 Å². The van der Waals surface area contributed by atoms with E-state index in [-0.39, 0.29) is 25.8 Å². The molecule has 2 aromatic carbocycles. The highest BCUT2D eigenvalue weighted by atomic mass is 79.9. The van der Waals surface area contributed by atoms with Crippen LogP contribution >= 0.6 is 39.1 Å². The molecule has 0 spiro atoms. The summed E-state index contributed by atoms with van der Waals surface area (Å²) in [6, 6.07) is 5.86. The van der Waals surface area contributed by atoms with Crippen LogP contribution in [0.1, 0.15) is 10.4 Å². The fourth-order valence-electron chi connectivity index (χ4n) is 1.48. The van der Waals surface area contributed by atoms with Crippen molar-refractivity contribution in [3.8, 4) is 0 Å². The molecule has 104 valence electrons. The van der Waals surface area contributed by atoms with Gasteiger partial charge in [-0.1, -0.05) is 23.2 Å². The van der Waals surface area contributed by atoms with E-state index < -0.39 is 17.5 Å². The summed E-state index contributed by atoms with van der Waals surface area (Å²) in [7, 11) is 0. The third kappa shape index (κ3) is 3.29. The average Bonchev–Trinajstić information content (AvgIpc) is 2.36. The Balaban J connectivity index is 2.30. The van der Waals surface area contributed by atoms with Crippen LogP contribution in [0.15, 0.2) is 34.8 Å². The molecule has 1 amide bonds. The highest BCUT2D eigenvalue weighted by Gasteiger charge is 2.14. The van der Waals surface area contributed by atoms with Crippen molar-refractivity contribution in [3.05, 3.63) is 62.0 Å². The molecule has 0 aromatic heterocycles. The van der Waals surface area contributed by atoms with Gasteiger partial charge < -0.3 is 5.32 Å². The monoisotopic (exact) mass is 379 g/mol. The summed E-state index contributed by atoms with van der Waals surface area (Å²) < 4.78 is 26.7. The molecule has 0 atom stereocenters. The number of carbonyl (C=O) groups excluding carboxylic acids is 1. The van der Waals surface area contributed by atoms with Gasteiger partial charge in [-0.25, -0.2) is 8.78 Å². The second-order valence-electron chi connectivity index (χ2n) is 3.83. The highest BCUT2D eigenvalue weighted by Crippen LogP contribution is 2.32. The molecule has 0 radical (unpaired) electrons. The van der Waals surface area contributed by atoms with Gasteiger partial charge in [0, 0.05) is 10.0 Å². The lowest BCUT2D eigenvalue weighted by atomic mass is 10.2. The van der Waals surface area contributed by atoms with Crippen LogP contribution in [0.3, 0.4) is 0 Å². The molecule has 2 nitrogen and oxygen atoms in total. The minimum atomic E-state index is -0.705. The second kappa shape index (κ2) is 6.08. The van der Waals surface area contributed by atoms with Gasteiger partial charge in [0.15, 0.2) is 0 Å². The van der Waals surface area contributed by atoms with Crippen molar-refractivity contribution in [2.24, 2.45) is 0 Å². The Bertz CT molecular complexity index is 671. The fraction of sp³-hybridized carbons (Fsp3) is 0. The quantitative estimate of drug-likeness (QED) is 0.753. The number of amides is 1. The van der Waals surface area contributed by atoms with Crippen LogP contribution in [0, 0.1) is 11.6 Å². The third-order valence-electron chi connectivity index (χ3n) is 2.43. The number of halogens is 5. The summed E-state index contributed by atoms with van der Waals surface area (Å²) in [5, 5.41) is 2.42. The summed E-state index contributed by atoms with van der Waals surface area (Å²) in [6.45, 7) is 0. The van der Waals surface area contributed by atoms with E-state index >= 15 is 0 Å². The number of hydrogen-bond donors (Lipinski definition) is 1. The molecular weight excluding hydrogens is 375 g/mol. The Kier molecular flexibility index (Phi) is 4.62. The van der Waals surface area contributed by atoms with Gasteiger partial charge >= 0.3 is 0 Å². The minimum Gasteiger partial charge on any atom is -0.320 e. The van der Waals surface area contributed by atoms with E-state index in [0.29, 0.717) is 0 Å². The first-order valence-electron chi connectivity index (χ1n) is 5.29. The molecular formula is C13H6BrCl2F2NO. The van der Waals surface area contributed by atoms with Gasteiger partial charge in [0.25, 0.3) is 5.91 Å². The van der Waals surface area contributed by atoms with Crippen molar-refractivity contribution in [2.75, 3.05) is 5.32 Å². The molecule has 20 heavy (non-hydrogen) atoms. The summed E-state index contributed by atoms with van der Waals surface area (Å²) in [4.78, 5) is 12.0. The maximum absolute atomic E-state index is 13.3. The Morgan fingerprint density at radius 1 is 1.10 bits per heavy atom. The van der Waals surface area contributed by atoms with Crippen LogP contribution in [0.2, 0.25) is 10.0 Å². The molecule has 1 N–H and O–H groups in total. The number of hydrogen-bond acceptors (Lipinski definition) is 1. The number of carbonyl (C=O) groups is 1. The lowest BCUT2D eigenvalue weighted by molar-refractivity contribution is 0.102. The average molecular weight is 381 g/mol. The molecule has 0 heterocycles. The zero-order valence-electron chi connectivity index (χ0n) is 9.68. The van der Waals surface area contributed by atoms with Gasteiger partial charge in [0.2, 0.25) is 0 Å². The largest absolute Gasteiger partial charge is 0.320 e. The second-order valence-corrected chi connectivity index (χ2v) is 5.50. The molecule has 0 bridgehead atoms. The molecule has 0 aliphatic heterocycles. The Labute approximate surface area is 131 Å². The molecule has 0 unspecified atom stereocenters. The smallest absolute Gasteiger partial charge is 0.255 e. The Morgan fingerprint density at radius 3 is 2.40 bits per heavy atom. The normalized spacial score (nSPS) is 10.4. The maximum Gasteiger partial charge on any atom is 0.255 e. The van der Waals surface area contributed by atoms with Crippen molar-refractivity contribution in [2.45, 2.75) is 0 Å². The fourth-order valence-corrected chi connectivity index (χ4v) is 2.50. The number of rotatable bonds is 2. The van der Waals surface area contributed by atoms with E-state index in [9.17, 15) is 13.6 Å². The van der Waals surface area contributed by atoms with Crippen molar-refractivity contribution >= 4 is 50.7 Å². The molecule has 7 heteroatoms. The van der Waals surface area contributed by atoms with E-state index in [1.165, 1.54) is 12.1 Å². The van der Waals surface area contributed by atoms with E-state index in [1.807, 2.05) is 0 Å². The lowest BCUT2D eigenvalue weighted by Gasteiger charge is -2.10. The first-order valence-corrected chi connectivity index (χ1v) is 6.84. The van der Waals surface area contributed by atoms with E-state index in [1.54, 1.807) is 0 Å². The Hall–Kier alpha value is -1.17. The van der Waals surface area contributed by atoms with Gasteiger partial charge in [-0.3, -0.25) is 4.79 Å². The van der Waals surface area contributed by atoms with Crippen molar-refractivity contribution < 1.29 is 13.6 Å². The zero-order chi connectivity index (χ0) is 14.9. The first-order chi connectivity index (χ1) is 9.38. The molecule has 2 aromatic rings. The van der Waals surface area contributed by atoms with Gasteiger partial charge in [-0.05, 0) is 46.3 Å². The molecule has 0 aliphatic rings. The number of nitrogens with one attached hydrogen (secondary N) is 1. The maximum atomic E-state index is 13.3. The first kappa shape index (κ1) is 15.2. The van der Waals surface area contributed by atoms with Gasteiger partial charge in [0.05, 0.1) is 15.7 Å². The molecule has 0 aliphatic carbocycles. The number of benzene rings is 2. The van der Waals surface area contributed by atoms with Crippen molar-refractivity contribution in [3.63, 3.8) is 0 Å². The third-order valence-corrected chi connectivity index (χ3v) is 3.66. The summed E-state index contributed by atoms with van der Waals surface area (Å²) in [5.74, 6) is -1.84. The zero-order valence-corrected chi connectivity index (χ0v) is 12.8. The lowest BCUT2D eigenvalue weighted by Crippen LogP contribution is -2.13. The van der Waals surface area contributed by atoms with Crippen LogP contribution in [0.5, 0.6) is 0 Å². The van der Waals surface area contributed by atoms with Crippen molar-refractivity contribution in [1.82, 2.24) is 0 Å². The summed E-state index contributed by atoms with van der Waals surface area (Å²) in [6.07, 6.45) is 0. The van der Waals surface area contributed by atoms with E-state index in [0.717, 1.165) is 18.2 Å². The van der Waals surface area contributed by atoms with Crippen LogP contribution in [0.4, 0.5) is 14.5 Å². The topological polar surface area (TPSA) is 29.1 Å². The molecule has 0 fully saturated rings. The highest BCUT2D eigenvalue weighted by molar-refractivity contribution is 9.10. The SMILES string of the molecule is O=C(Nc1c(Cl)cc(F)cc1Br)c1ccc(Cl)c(F)c1. The summed E-state index contributed by atoms with van der Waals surface area (Å²) >= 11 is 14.5. The predicted molar refractivity (Wildman–Crippen MR) is 78.5 cm³/mol. The Morgan fingerprint density at radius 2 is 1.80 bits per heavy atom. The minimum absolute atomic E-state index is 0.0275. The van der Waals surface area contributed by atoms with E-state index in [4.69, 9.17) is 23.2 Å². The standard InChI is InChI=1S/C13H6BrCl2F2NO/c14-8-4-7(17)5-10(16)12(8)19-13(20)6-1-2-9(15)11(18)3-6/h1-5H,(H,19,20). The molecule has 0 saturated carbocycles. The van der Waals surface area contributed by atoms with Gasteiger partial charge in [-0.15, -0.1) is 0 Å². The van der Waals surface area contributed by atoms with Crippen LogP contribution in [-0.4, -0.2) is 5.91 Å². The van der Waals surface area contributed by atoms with Crippen LogP contribution in [0.25, 0.3) is 0 Å². The summed E-state index contributed by atoms with van der Waals surface area (Å²) in [5.41, 5.74) is 0.271. The van der Waals surface area contributed by atoms with Crippen LogP contribution < -0.4 is 5.32 Å². The van der Waals surface area contributed by atoms with Crippen LogP contribution in [-0.2, 0) is 0 Å². The number of anilines is 1. The van der Waals surface area contributed by atoms with Crippen molar-refractivity contribution in [1.29, 1.82) is 0 Å².